The molecule has 32 heavy (non-hydrogen) atoms. The van der Waals surface area contributed by atoms with E-state index >= 15 is 0 Å². The fraction of sp³-hybridized carbons (Fsp3) is 0.737. The molecule has 180 valence electrons. The first kappa shape index (κ1) is 25.3. The van der Waals surface area contributed by atoms with Crippen molar-refractivity contribution in [2.24, 2.45) is 16.5 Å². The van der Waals surface area contributed by atoms with Crippen molar-refractivity contribution in [3.63, 3.8) is 0 Å². The number of hydrogen-bond donors (Lipinski definition) is 7. The molecule has 13 nitrogen and oxygen atoms in total. The number of rotatable bonds is 11. The number of likely N-dealkylation sites (tertiary alicyclic amines) is 1. The van der Waals surface area contributed by atoms with Gasteiger partial charge in [0.25, 0.3) is 0 Å². The number of nitrogens with two attached hydrogens (primary N) is 2. The van der Waals surface area contributed by atoms with Crippen LogP contribution in [0.2, 0.25) is 0 Å². The molecule has 3 amide bonds. The highest BCUT2D eigenvalue weighted by Gasteiger charge is 2.39. The van der Waals surface area contributed by atoms with Gasteiger partial charge in [-0.3, -0.25) is 19.4 Å². The highest BCUT2D eigenvalue weighted by Crippen LogP contribution is 2.21. The molecule has 2 saturated heterocycles. The van der Waals surface area contributed by atoms with Crippen LogP contribution in [0.3, 0.4) is 0 Å². The number of nitrogens with one attached hydrogen (secondary N) is 3. The van der Waals surface area contributed by atoms with Gasteiger partial charge in [-0.2, -0.15) is 0 Å². The molecule has 9 N–H and O–H groups in total. The Morgan fingerprint density at radius 2 is 1.88 bits per heavy atom. The Balaban J connectivity index is 2.05. The molecule has 2 aliphatic rings. The van der Waals surface area contributed by atoms with Crippen LogP contribution in [-0.2, 0) is 19.2 Å². The Morgan fingerprint density at radius 3 is 2.47 bits per heavy atom. The standard InChI is InChI=1S/C19H33N7O6/c20-19(21)23-8-1-4-11(15(28)25-13(10-27)18(31)32)24-16(29)14-6-3-9-26(14)17(30)12-5-2-7-22-12/h11-14,22,27H,1-10H2,(H,24,29)(H,25,28)(H,31,32)(H4,20,21,23). The predicted molar refractivity (Wildman–Crippen MR) is 114 cm³/mol. The summed E-state index contributed by atoms with van der Waals surface area (Å²) in [6.45, 7) is 0.636. The third kappa shape index (κ3) is 7.05. The van der Waals surface area contributed by atoms with Gasteiger partial charge in [-0.15, -0.1) is 0 Å². The smallest absolute Gasteiger partial charge is 0.328 e. The molecular weight excluding hydrogens is 422 g/mol. The number of carbonyl (C=O) groups is 4. The first-order chi connectivity index (χ1) is 15.2. The number of aliphatic hydroxyl groups is 1. The Morgan fingerprint density at radius 1 is 1.12 bits per heavy atom. The van der Waals surface area contributed by atoms with Crippen LogP contribution in [0, 0.1) is 0 Å². The van der Waals surface area contributed by atoms with Crippen LogP contribution < -0.4 is 27.4 Å². The van der Waals surface area contributed by atoms with E-state index in [9.17, 15) is 24.3 Å². The van der Waals surface area contributed by atoms with Gasteiger partial charge >= 0.3 is 5.97 Å². The first-order valence-electron chi connectivity index (χ1n) is 10.8. The average molecular weight is 456 g/mol. The SMILES string of the molecule is NC(N)=NCCCC(NC(=O)C1CCCN1C(=O)C1CCCN1)C(=O)NC(CO)C(=O)O. The summed E-state index contributed by atoms with van der Waals surface area (Å²) in [5.41, 5.74) is 10.6. The average Bonchev–Trinajstić information content (AvgIpc) is 3.45. The lowest BCUT2D eigenvalue weighted by molar-refractivity contribution is -0.144. The van der Waals surface area contributed by atoms with Crippen LogP contribution in [0.5, 0.6) is 0 Å². The van der Waals surface area contributed by atoms with Gasteiger partial charge < -0.3 is 42.5 Å². The van der Waals surface area contributed by atoms with Crippen molar-refractivity contribution in [3.05, 3.63) is 0 Å². The van der Waals surface area contributed by atoms with Gasteiger partial charge in [-0.25, -0.2) is 4.79 Å². The number of carboxylic acid groups (broad SMARTS) is 1. The number of amides is 3. The molecule has 0 aromatic rings. The number of aliphatic hydroxyl groups excluding tert-OH is 1. The maximum absolute atomic E-state index is 13.0. The third-order valence-electron chi connectivity index (χ3n) is 5.57. The minimum absolute atomic E-state index is 0.109. The predicted octanol–water partition coefficient (Wildman–Crippen LogP) is -3.17. The highest BCUT2D eigenvalue weighted by atomic mass is 16.4. The lowest BCUT2D eigenvalue weighted by atomic mass is 10.1. The Bertz CT molecular complexity index is 721. The molecule has 0 spiro atoms. The summed E-state index contributed by atoms with van der Waals surface area (Å²) < 4.78 is 0. The number of aliphatic carboxylic acids is 1. The van der Waals surface area contributed by atoms with Crippen LogP contribution in [0.4, 0.5) is 0 Å². The van der Waals surface area contributed by atoms with E-state index in [0.29, 0.717) is 25.8 Å². The van der Waals surface area contributed by atoms with Gasteiger partial charge in [-0.05, 0) is 45.1 Å². The van der Waals surface area contributed by atoms with E-state index in [-0.39, 0.29) is 30.9 Å². The number of carbonyl (C=O) groups excluding carboxylic acids is 3. The number of hydrogen-bond acceptors (Lipinski definition) is 7. The zero-order valence-electron chi connectivity index (χ0n) is 18.0. The monoisotopic (exact) mass is 455 g/mol. The van der Waals surface area contributed by atoms with Crippen molar-refractivity contribution in [1.82, 2.24) is 20.9 Å². The molecule has 4 unspecified atom stereocenters. The van der Waals surface area contributed by atoms with Crippen LogP contribution >= 0.6 is 0 Å². The second kappa shape index (κ2) is 12.2. The van der Waals surface area contributed by atoms with Crippen molar-refractivity contribution in [2.45, 2.75) is 62.7 Å². The van der Waals surface area contributed by atoms with Crippen molar-refractivity contribution < 1.29 is 29.4 Å². The fourth-order valence-corrected chi connectivity index (χ4v) is 3.90. The number of nitrogens with zero attached hydrogens (tertiary/aromatic N) is 2. The van der Waals surface area contributed by atoms with Crippen molar-refractivity contribution >= 4 is 29.7 Å². The molecule has 2 fully saturated rings. The number of aliphatic imine (C=N–C) groups is 1. The Labute approximate surface area is 186 Å². The number of carboxylic acids is 1. The van der Waals surface area contributed by atoms with Crippen molar-refractivity contribution in [1.29, 1.82) is 0 Å². The molecule has 0 aliphatic carbocycles. The van der Waals surface area contributed by atoms with E-state index in [1.807, 2.05) is 0 Å². The Kier molecular flexibility index (Phi) is 9.65. The molecule has 2 aliphatic heterocycles. The summed E-state index contributed by atoms with van der Waals surface area (Å²) in [6.07, 6.45) is 3.24. The van der Waals surface area contributed by atoms with Crippen LogP contribution in [0.1, 0.15) is 38.5 Å². The molecular formula is C19H33N7O6. The van der Waals surface area contributed by atoms with E-state index in [2.05, 4.69) is 20.9 Å². The highest BCUT2D eigenvalue weighted by molar-refractivity contribution is 5.94. The molecule has 2 heterocycles. The van der Waals surface area contributed by atoms with Crippen molar-refractivity contribution in [3.8, 4) is 0 Å². The van der Waals surface area contributed by atoms with E-state index < -0.39 is 42.5 Å². The summed E-state index contributed by atoms with van der Waals surface area (Å²) in [4.78, 5) is 54.9. The summed E-state index contributed by atoms with van der Waals surface area (Å²) in [5, 5.41) is 26.2. The minimum Gasteiger partial charge on any atom is -0.480 e. The second-order valence-corrected chi connectivity index (χ2v) is 7.93. The van der Waals surface area contributed by atoms with Gasteiger partial charge in [-0.1, -0.05) is 0 Å². The third-order valence-corrected chi connectivity index (χ3v) is 5.57. The molecule has 0 bridgehead atoms. The molecule has 0 aromatic heterocycles. The van der Waals surface area contributed by atoms with Crippen LogP contribution in [0.25, 0.3) is 0 Å². The molecule has 0 radical (unpaired) electrons. The van der Waals surface area contributed by atoms with E-state index in [1.165, 1.54) is 0 Å². The largest absolute Gasteiger partial charge is 0.480 e. The quantitative estimate of drug-likeness (QED) is 0.0949. The van der Waals surface area contributed by atoms with Gasteiger partial charge in [0.2, 0.25) is 17.7 Å². The maximum atomic E-state index is 13.0. The second-order valence-electron chi connectivity index (χ2n) is 7.93. The molecule has 2 rings (SSSR count). The maximum Gasteiger partial charge on any atom is 0.328 e. The van der Waals surface area contributed by atoms with Gasteiger partial charge in [0.15, 0.2) is 5.96 Å². The van der Waals surface area contributed by atoms with Crippen LogP contribution in [0.15, 0.2) is 4.99 Å². The summed E-state index contributed by atoms with van der Waals surface area (Å²) in [7, 11) is 0. The van der Waals surface area contributed by atoms with E-state index in [4.69, 9.17) is 16.6 Å². The molecule has 4 atom stereocenters. The lowest BCUT2D eigenvalue weighted by Crippen LogP contribution is -2.57. The summed E-state index contributed by atoms with van der Waals surface area (Å²) >= 11 is 0. The van der Waals surface area contributed by atoms with Gasteiger partial charge in [0.05, 0.1) is 12.6 Å². The van der Waals surface area contributed by atoms with E-state index in [0.717, 1.165) is 19.4 Å². The zero-order chi connectivity index (χ0) is 23.7. The lowest BCUT2D eigenvalue weighted by Gasteiger charge is -2.28. The van der Waals surface area contributed by atoms with Gasteiger partial charge in [0.1, 0.15) is 18.1 Å². The minimum atomic E-state index is -1.50. The summed E-state index contributed by atoms with van der Waals surface area (Å²) in [5.74, 6) is -2.87. The van der Waals surface area contributed by atoms with Crippen molar-refractivity contribution in [2.75, 3.05) is 26.2 Å². The topological polar surface area (TPSA) is 212 Å². The first-order valence-corrected chi connectivity index (χ1v) is 10.8. The van der Waals surface area contributed by atoms with Gasteiger partial charge in [0, 0.05) is 13.1 Å². The van der Waals surface area contributed by atoms with E-state index in [1.54, 1.807) is 4.90 Å². The molecule has 13 heteroatoms. The zero-order valence-corrected chi connectivity index (χ0v) is 18.0. The fourth-order valence-electron chi connectivity index (χ4n) is 3.90. The Hall–Kier alpha value is -2.93. The summed E-state index contributed by atoms with van der Waals surface area (Å²) in [6, 6.07) is -3.58. The molecule has 0 aromatic carbocycles. The number of guanidine groups is 1. The van der Waals surface area contributed by atoms with Crippen LogP contribution in [-0.4, -0.2) is 95.2 Å². The molecule has 0 saturated carbocycles. The normalized spacial score (nSPS) is 22.1.